The van der Waals surface area contributed by atoms with Gasteiger partial charge < -0.3 is 20.3 Å². The number of carbonyl (C=O) groups is 1. The molecular weight excluding hydrogens is 407 g/mol. The van der Waals surface area contributed by atoms with Crippen molar-refractivity contribution in [1.82, 2.24) is 15.5 Å². The van der Waals surface area contributed by atoms with Crippen molar-refractivity contribution in [3.05, 3.63) is 0 Å². The van der Waals surface area contributed by atoms with Crippen molar-refractivity contribution in [3.63, 3.8) is 0 Å². The number of nitrogens with zero attached hydrogens (tertiary/aromatic N) is 2. The Bertz CT molecular complexity index is 354. The number of nitrogens with one attached hydrogen (secondary N) is 2. The zero-order chi connectivity index (χ0) is 17.2. The molecule has 0 heterocycles. The minimum Gasteiger partial charge on any atom is -0.379 e. The van der Waals surface area contributed by atoms with E-state index < -0.39 is 0 Å². The van der Waals surface area contributed by atoms with Crippen LogP contribution >= 0.6 is 24.0 Å². The molecule has 0 aromatic rings. The number of unbranched alkanes of at least 4 members (excludes halogenated alkanes) is 1. The second-order valence-corrected chi connectivity index (χ2v) is 6.70. The molecule has 0 saturated carbocycles. The lowest BCUT2D eigenvalue weighted by atomic mass is 9.89. The van der Waals surface area contributed by atoms with Gasteiger partial charge in [-0.05, 0) is 11.8 Å². The van der Waals surface area contributed by atoms with Gasteiger partial charge in [0.2, 0.25) is 5.91 Å². The molecule has 1 unspecified atom stereocenters. The molecule has 0 bridgehead atoms. The van der Waals surface area contributed by atoms with Gasteiger partial charge in [-0.3, -0.25) is 4.79 Å². The van der Waals surface area contributed by atoms with Crippen LogP contribution in [0.3, 0.4) is 0 Å². The monoisotopic (exact) mass is 442 g/mol. The van der Waals surface area contributed by atoms with E-state index in [2.05, 4.69) is 43.3 Å². The van der Waals surface area contributed by atoms with Crippen LogP contribution in [0.4, 0.5) is 0 Å². The SMILES string of the molecule is CCCCNC(=NCC(=O)N(C)C)NCC(OC)C(C)(C)C.I. The van der Waals surface area contributed by atoms with E-state index in [9.17, 15) is 4.79 Å². The normalized spacial score (nSPS) is 13.1. The molecule has 0 aliphatic rings. The molecule has 0 spiro atoms. The van der Waals surface area contributed by atoms with Gasteiger partial charge in [0.05, 0.1) is 6.10 Å². The van der Waals surface area contributed by atoms with Gasteiger partial charge >= 0.3 is 0 Å². The minimum atomic E-state index is -0.0179. The highest BCUT2D eigenvalue weighted by molar-refractivity contribution is 14.0. The van der Waals surface area contributed by atoms with Crippen molar-refractivity contribution in [1.29, 1.82) is 0 Å². The van der Waals surface area contributed by atoms with E-state index in [1.165, 1.54) is 0 Å². The maximum atomic E-state index is 11.7. The Labute approximate surface area is 158 Å². The fraction of sp³-hybridized carbons (Fsp3) is 0.875. The zero-order valence-corrected chi connectivity index (χ0v) is 18.1. The summed E-state index contributed by atoms with van der Waals surface area (Å²) in [6.45, 7) is 10.2. The Morgan fingerprint density at radius 1 is 1.26 bits per heavy atom. The maximum Gasteiger partial charge on any atom is 0.243 e. The third kappa shape index (κ3) is 11.6. The van der Waals surface area contributed by atoms with E-state index in [0.29, 0.717) is 12.5 Å². The first-order chi connectivity index (χ1) is 10.2. The molecule has 0 aliphatic heterocycles. The molecule has 1 amide bonds. The predicted octanol–water partition coefficient (Wildman–Crippen LogP) is 2.09. The molecule has 2 N–H and O–H groups in total. The molecule has 7 heteroatoms. The number of aliphatic imine (C=N–C) groups is 1. The molecule has 0 aromatic heterocycles. The lowest BCUT2D eigenvalue weighted by molar-refractivity contribution is -0.127. The summed E-state index contributed by atoms with van der Waals surface area (Å²) in [5.41, 5.74) is 0.0374. The number of halogens is 1. The minimum absolute atomic E-state index is 0. The largest absolute Gasteiger partial charge is 0.379 e. The number of likely N-dealkylation sites (N-methyl/N-ethyl adjacent to an activating group) is 1. The highest BCUT2D eigenvalue weighted by Crippen LogP contribution is 2.20. The van der Waals surface area contributed by atoms with Crippen LogP contribution < -0.4 is 10.6 Å². The van der Waals surface area contributed by atoms with E-state index in [-0.39, 0.29) is 47.9 Å². The van der Waals surface area contributed by atoms with Crippen molar-refractivity contribution in [2.75, 3.05) is 40.8 Å². The molecule has 6 nitrogen and oxygen atoms in total. The summed E-state index contributed by atoms with van der Waals surface area (Å²) < 4.78 is 5.53. The molecule has 138 valence electrons. The van der Waals surface area contributed by atoms with Crippen LogP contribution in [0.1, 0.15) is 40.5 Å². The molecule has 0 fully saturated rings. The number of amides is 1. The number of ether oxygens (including phenoxy) is 1. The van der Waals surface area contributed by atoms with Gasteiger partial charge in [0.15, 0.2) is 5.96 Å². The third-order valence-electron chi connectivity index (χ3n) is 3.40. The van der Waals surface area contributed by atoms with E-state index >= 15 is 0 Å². The summed E-state index contributed by atoms with van der Waals surface area (Å²) in [4.78, 5) is 17.6. The maximum absolute atomic E-state index is 11.7. The fourth-order valence-electron chi connectivity index (χ4n) is 1.78. The predicted molar refractivity (Wildman–Crippen MR) is 108 cm³/mol. The van der Waals surface area contributed by atoms with Crippen molar-refractivity contribution in [3.8, 4) is 0 Å². The first-order valence-corrected chi connectivity index (χ1v) is 7.97. The summed E-state index contributed by atoms with van der Waals surface area (Å²) in [6.07, 6.45) is 2.24. The molecule has 0 rings (SSSR count). The van der Waals surface area contributed by atoms with Gasteiger partial charge in [-0.15, -0.1) is 24.0 Å². The van der Waals surface area contributed by atoms with Crippen LogP contribution in [0.5, 0.6) is 0 Å². The lowest BCUT2D eigenvalue weighted by Gasteiger charge is -2.30. The van der Waals surface area contributed by atoms with Crippen LogP contribution in [0, 0.1) is 5.41 Å². The second-order valence-electron chi connectivity index (χ2n) is 6.70. The fourth-order valence-corrected chi connectivity index (χ4v) is 1.78. The van der Waals surface area contributed by atoms with Crippen molar-refractivity contribution in [2.24, 2.45) is 10.4 Å². The van der Waals surface area contributed by atoms with Gasteiger partial charge in [-0.25, -0.2) is 4.99 Å². The summed E-state index contributed by atoms with van der Waals surface area (Å²) in [6, 6.07) is 0. The van der Waals surface area contributed by atoms with Crippen LogP contribution in [0.15, 0.2) is 4.99 Å². The zero-order valence-electron chi connectivity index (χ0n) is 15.7. The van der Waals surface area contributed by atoms with Crippen LogP contribution in [0.25, 0.3) is 0 Å². The van der Waals surface area contributed by atoms with Gasteiger partial charge in [-0.2, -0.15) is 0 Å². The van der Waals surface area contributed by atoms with Gasteiger partial charge in [-0.1, -0.05) is 34.1 Å². The molecule has 0 saturated heterocycles. The molecule has 0 radical (unpaired) electrons. The van der Waals surface area contributed by atoms with Crippen molar-refractivity contribution in [2.45, 2.75) is 46.6 Å². The Morgan fingerprint density at radius 2 is 1.87 bits per heavy atom. The molecule has 1 atom stereocenters. The smallest absolute Gasteiger partial charge is 0.243 e. The van der Waals surface area contributed by atoms with Crippen LogP contribution in [-0.4, -0.2) is 63.7 Å². The van der Waals surface area contributed by atoms with Crippen molar-refractivity contribution >= 4 is 35.8 Å². The summed E-state index contributed by atoms with van der Waals surface area (Å²) >= 11 is 0. The summed E-state index contributed by atoms with van der Waals surface area (Å²) in [5.74, 6) is 0.644. The van der Waals surface area contributed by atoms with Crippen LogP contribution in [0.2, 0.25) is 0 Å². The number of rotatable bonds is 8. The standard InChI is InChI=1S/C16H34N4O2.HI/c1-8-9-10-17-15(19-12-14(21)20(5)6)18-11-13(22-7)16(2,3)4;/h13H,8-12H2,1-7H3,(H2,17,18,19);1H. The van der Waals surface area contributed by atoms with Gasteiger partial charge in [0.1, 0.15) is 6.54 Å². The topological polar surface area (TPSA) is 66.0 Å². The van der Waals surface area contributed by atoms with Crippen molar-refractivity contribution < 1.29 is 9.53 Å². The number of methoxy groups -OCH3 is 1. The lowest BCUT2D eigenvalue weighted by Crippen LogP contribution is -2.46. The quantitative estimate of drug-likeness (QED) is 0.262. The first-order valence-electron chi connectivity index (χ1n) is 7.97. The number of hydrogen-bond acceptors (Lipinski definition) is 3. The molecule has 23 heavy (non-hydrogen) atoms. The third-order valence-corrected chi connectivity index (χ3v) is 3.40. The Kier molecular flexibility index (Phi) is 13.7. The molecular formula is C16H35IN4O2. The van der Waals surface area contributed by atoms with E-state index in [4.69, 9.17) is 4.74 Å². The van der Waals surface area contributed by atoms with Crippen LogP contribution in [-0.2, 0) is 9.53 Å². The number of guanidine groups is 1. The van der Waals surface area contributed by atoms with Gasteiger partial charge in [0.25, 0.3) is 0 Å². The second kappa shape index (κ2) is 12.8. The number of carbonyl (C=O) groups excluding carboxylic acids is 1. The highest BCUT2D eigenvalue weighted by atomic mass is 127. The number of hydrogen-bond donors (Lipinski definition) is 2. The van der Waals surface area contributed by atoms with E-state index in [1.807, 2.05) is 0 Å². The average molecular weight is 442 g/mol. The average Bonchev–Trinajstić information content (AvgIpc) is 2.42. The highest BCUT2D eigenvalue weighted by Gasteiger charge is 2.24. The Morgan fingerprint density at radius 3 is 2.30 bits per heavy atom. The van der Waals surface area contributed by atoms with E-state index in [0.717, 1.165) is 19.4 Å². The summed E-state index contributed by atoms with van der Waals surface area (Å²) in [7, 11) is 5.18. The Balaban J connectivity index is 0. The summed E-state index contributed by atoms with van der Waals surface area (Å²) in [5, 5.41) is 6.53. The van der Waals surface area contributed by atoms with E-state index in [1.54, 1.807) is 26.1 Å². The first kappa shape index (κ1) is 24.7. The Hall–Kier alpha value is -0.570. The van der Waals surface area contributed by atoms with Gasteiger partial charge in [0, 0.05) is 34.3 Å². The molecule has 0 aromatic carbocycles. The molecule has 0 aliphatic carbocycles.